The first kappa shape index (κ1) is 13.8. The van der Waals surface area contributed by atoms with Crippen molar-refractivity contribution in [3.05, 3.63) is 70.7 Å². The highest BCUT2D eigenvalue weighted by atomic mass is 79.9. The molecule has 0 bridgehead atoms. The molecule has 3 aromatic rings. The van der Waals surface area contributed by atoms with Crippen LogP contribution in [-0.2, 0) is 0 Å². The van der Waals surface area contributed by atoms with E-state index >= 15 is 0 Å². The molecule has 0 unspecified atom stereocenters. The lowest BCUT2D eigenvalue weighted by Crippen LogP contribution is -1.97. The normalized spacial score (nSPS) is 10.6. The van der Waals surface area contributed by atoms with Crippen molar-refractivity contribution in [2.75, 3.05) is 0 Å². The molecule has 21 heavy (non-hydrogen) atoms. The highest BCUT2D eigenvalue weighted by Crippen LogP contribution is 2.33. The van der Waals surface area contributed by atoms with Gasteiger partial charge in [0.2, 0.25) is 0 Å². The number of ketones is 1. The second-order valence-electron chi connectivity index (χ2n) is 4.78. The molecule has 2 nitrogen and oxygen atoms in total. The van der Waals surface area contributed by atoms with Crippen LogP contribution in [0.2, 0.25) is 0 Å². The summed E-state index contributed by atoms with van der Waals surface area (Å²) in [6, 6.07) is 19.3. The van der Waals surface area contributed by atoms with Gasteiger partial charge in [-0.15, -0.1) is 0 Å². The van der Waals surface area contributed by atoms with E-state index in [0.717, 1.165) is 21.0 Å². The summed E-state index contributed by atoms with van der Waals surface area (Å²) in [7, 11) is 0. The van der Waals surface area contributed by atoms with Crippen LogP contribution in [0.5, 0.6) is 11.5 Å². The van der Waals surface area contributed by atoms with Crippen molar-refractivity contribution in [1.29, 1.82) is 0 Å². The fraction of sp³-hybridized carbons (Fsp3) is 0.0556. The van der Waals surface area contributed by atoms with E-state index < -0.39 is 0 Å². The summed E-state index contributed by atoms with van der Waals surface area (Å²) in [6.45, 7) is 1.54. The maximum absolute atomic E-state index is 11.7. The predicted molar refractivity (Wildman–Crippen MR) is 88.2 cm³/mol. The molecule has 0 saturated carbocycles. The molecular weight excluding hydrogens is 328 g/mol. The molecule has 0 radical (unpaired) electrons. The average molecular weight is 341 g/mol. The highest BCUT2D eigenvalue weighted by molar-refractivity contribution is 9.10. The Morgan fingerprint density at radius 2 is 1.71 bits per heavy atom. The number of rotatable bonds is 3. The molecular formula is C18H13BrO2. The number of fused-ring (bicyclic) bond motifs is 1. The van der Waals surface area contributed by atoms with Crippen LogP contribution in [0.3, 0.4) is 0 Å². The molecule has 0 aliphatic heterocycles. The van der Waals surface area contributed by atoms with Gasteiger partial charge in [-0.3, -0.25) is 4.79 Å². The van der Waals surface area contributed by atoms with Crippen molar-refractivity contribution >= 4 is 32.5 Å². The Kier molecular flexibility index (Phi) is 3.76. The zero-order valence-corrected chi connectivity index (χ0v) is 13.1. The number of carbonyl (C=O) groups excluding carboxylic acids is 1. The molecule has 0 saturated heterocycles. The van der Waals surface area contributed by atoms with Crippen LogP contribution in [0.4, 0.5) is 0 Å². The van der Waals surface area contributed by atoms with Crippen molar-refractivity contribution in [2.45, 2.75) is 6.92 Å². The van der Waals surface area contributed by atoms with Crippen LogP contribution in [0.25, 0.3) is 10.8 Å². The predicted octanol–water partition coefficient (Wildman–Crippen LogP) is 5.60. The van der Waals surface area contributed by atoms with Gasteiger partial charge in [0.05, 0.1) is 5.56 Å². The van der Waals surface area contributed by atoms with Crippen molar-refractivity contribution < 1.29 is 9.53 Å². The van der Waals surface area contributed by atoms with Crippen molar-refractivity contribution in [1.82, 2.24) is 0 Å². The van der Waals surface area contributed by atoms with E-state index in [0.29, 0.717) is 11.3 Å². The Morgan fingerprint density at radius 1 is 0.952 bits per heavy atom. The number of ether oxygens (including phenoxy) is 1. The van der Waals surface area contributed by atoms with E-state index in [2.05, 4.69) is 15.9 Å². The first-order valence-electron chi connectivity index (χ1n) is 6.61. The number of hydrogen-bond donors (Lipinski definition) is 0. The van der Waals surface area contributed by atoms with Gasteiger partial charge in [0.25, 0.3) is 0 Å². The smallest absolute Gasteiger partial charge is 0.163 e. The van der Waals surface area contributed by atoms with Crippen LogP contribution in [-0.4, -0.2) is 5.78 Å². The summed E-state index contributed by atoms with van der Waals surface area (Å²) in [4.78, 5) is 11.7. The lowest BCUT2D eigenvalue weighted by atomic mass is 10.1. The van der Waals surface area contributed by atoms with Gasteiger partial charge >= 0.3 is 0 Å². The van der Waals surface area contributed by atoms with E-state index in [1.807, 2.05) is 54.6 Å². The molecule has 3 aromatic carbocycles. The standard InChI is InChI=1S/C18H13BrO2/c1-12(20)15-10-9-14(19)11-18(15)21-17-8-4-6-13-5-2-3-7-16(13)17/h2-11H,1H3. The van der Waals surface area contributed by atoms with Gasteiger partial charge in [0.1, 0.15) is 11.5 Å². The molecule has 0 aromatic heterocycles. The Labute approximate surface area is 131 Å². The molecule has 0 heterocycles. The minimum atomic E-state index is -0.0160. The van der Waals surface area contributed by atoms with E-state index in [9.17, 15) is 4.79 Å². The quantitative estimate of drug-likeness (QED) is 0.580. The van der Waals surface area contributed by atoms with E-state index in [4.69, 9.17) is 4.74 Å². The number of carbonyl (C=O) groups is 1. The van der Waals surface area contributed by atoms with Crippen molar-refractivity contribution in [3.8, 4) is 11.5 Å². The lowest BCUT2D eigenvalue weighted by molar-refractivity contribution is 0.101. The molecule has 0 amide bonds. The van der Waals surface area contributed by atoms with Crippen molar-refractivity contribution in [3.63, 3.8) is 0 Å². The van der Waals surface area contributed by atoms with Gasteiger partial charge in [0.15, 0.2) is 5.78 Å². The second-order valence-corrected chi connectivity index (χ2v) is 5.69. The maximum Gasteiger partial charge on any atom is 0.163 e. The fourth-order valence-corrected chi connectivity index (χ4v) is 2.61. The Balaban J connectivity index is 2.11. The molecule has 0 N–H and O–H groups in total. The molecule has 3 heteroatoms. The summed E-state index contributed by atoms with van der Waals surface area (Å²) >= 11 is 3.42. The first-order chi connectivity index (χ1) is 10.1. The molecule has 3 rings (SSSR count). The van der Waals surface area contributed by atoms with Crippen LogP contribution in [0.1, 0.15) is 17.3 Å². The summed E-state index contributed by atoms with van der Waals surface area (Å²) < 4.78 is 6.89. The Hall–Kier alpha value is -2.13. The number of hydrogen-bond acceptors (Lipinski definition) is 2. The molecule has 104 valence electrons. The molecule has 0 fully saturated rings. The molecule has 0 aliphatic rings. The van der Waals surface area contributed by atoms with Crippen LogP contribution in [0.15, 0.2) is 65.1 Å². The molecule has 0 spiro atoms. The third-order valence-corrected chi connectivity index (χ3v) is 3.79. The zero-order valence-electron chi connectivity index (χ0n) is 11.5. The average Bonchev–Trinajstić information content (AvgIpc) is 2.47. The summed E-state index contributed by atoms with van der Waals surface area (Å²) in [5, 5.41) is 2.13. The Bertz CT molecular complexity index is 819. The maximum atomic E-state index is 11.7. The van der Waals surface area contributed by atoms with Gasteiger partial charge in [-0.2, -0.15) is 0 Å². The summed E-state index contributed by atoms with van der Waals surface area (Å²) in [6.07, 6.45) is 0. The number of halogens is 1. The minimum absolute atomic E-state index is 0.0160. The SMILES string of the molecule is CC(=O)c1ccc(Br)cc1Oc1cccc2ccccc12. The van der Waals surface area contributed by atoms with Gasteiger partial charge in [-0.25, -0.2) is 0 Å². The third-order valence-electron chi connectivity index (χ3n) is 3.29. The van der Waals surface area contributed by atoms with Gasteiger partial charge in [-0.05, 0) is 36.6 Å². The largest absolute Gasteiger partial charge is 0.456 e. The topological polar surface area (TPSA) is 26.3 Å². The minimum Gasteiger partial charge on any atom is -0.456 e. The highest BCUT2D eigenvalue weighted by Gasteiger charge is 2.11. The first-order valence-corrected chi connectivity index (χ1v) is 7.40. The lowest BCUT2D eigenvalue weighted by Gasteiger charge is -2.12. The number of benzene rings is 3. The molecule has 0 aliphatic carbocycles. The van der Waals surface area contributed by atoms with E-state index in [1.165, 1.54) is 0 Å². The third kappa shape index (κ3) is 2.83. The Morgan fingerprint density at radius 3 is 2.52 bits per heavy atom. The molecule has 0 atom stereocenters. The van der Waals surface area contributed by atoms with Crippen LogP contribution in [0, 0.1) is 0 Å². The van der Waals surface area contributed by atoms with E-state index in [-0.39, 0.29) is 5.78 Å². The fourth-order valence-electron chi connectivity index (χ4n) is 2.27. The van der Waals surface area contributed by atoms with E-state index in [1.54, 1.807) is 13.0 Å². The van der Waals surface area contributed by atoms with Crippen LogP contribution < -0.4 is 4.74 Å². The second kappa shape index (κ2) is 5.70. The van der Waals surface area contributed by atoms with Gasteiger partial charge in [-0.1, -0.05) is 52.3 Å². The van der Waals surface area contributed by atoms with Crippen molar-refractivity contribution in [2.24, 2.45) is 0 Å². The summed E-state index contributed by atoms with van der Waals surface area (Å²) in [5.74, 6) is 1.29. The van der Waals surface area contributed by atoms with Gasteiger partial charge in [0, 0.05) is 9.86 Å². The summed E-state index contributed by atoms with van der Waals surface area (Å²) in [5.41, 5.74) is 0.575. The number of Topliss-reactive ketones (excluding diaryl/α,β-unsaturated/α-hetero) is 1. The van der Waals surface area contributed by atoms with Gasteiger partial charge < -0.3 is 4.74 Å². The monoisotopic (exact) mass is 340 g/mol. The zero-order chi connectivity index (χ0) is 14.8. The van der Waals surface area contributed by atoms with Crippen LogP contribution >= 0.6 is 15.9 Å².